The lowest BCUT2D eigenvalue weighted by atomic mass is 10.1. The van der Waals surface area contributed by atoms with E-state index in [0.29, 0.717) is 17.1 Å². The Morgan fingerprint density at radius 1 is 1.14 bits per heavy atom. The lowest BCUT2D eigenvalue weighted by molar-refractivity contribution is -0.120. The maximum atomic E-state index is 12.7. The average Bonchev–Trinajstić information content (AvgIpc) is 3.14. The third-order valence-corrected chi connectivity index (χ3v) is 7.08. The fourth-order valence-electron chi connectivity index (χ4n) is 2.94. The second-order valence-electron chi connectivity index (χ2n) is 6.81. The molecule has 1 amide bonds. The monoisotopic (exact) mass is 429 g/mol. The number of amides is 1. The molecule has 0 saturated heterocycles. The number of carbonyl (C=O) groups is 1. The van der Waals surface area contributed by atoms with Crippen LogP contribution in [0, 0.1) is 13.8 Å². The van der Waals surface area contributed by atoms with E-state index >= 15 is 0 Å². The number of nitrogens with zero attached hydrogens (tertiary/aromatic N) is 2. The summed E-state index contributed by atoms with van der Waals surface area (Å²) in [5.74, 6) is 0.497. The van der Waals surface area contributed by atoms with Crippen molar-refractivity contribution in [3.63, 3.8) is 0 Å². The van der Waals surface area contributed by atoms with E-state index in [1.807, 2.05) is 26.0 Å². The molecule has 0 saturated carbocycles. The van der Waals surface area contributed by atoms with Gasteiger partial charge in [0.2, 0.25) is 0 Å². The van der Waals surface area contributed by atoms with Crippen molar-refractivity contribution in [2.45, 2.75) is 18.7 Å². The van der Waals surface area contributed by atoms with Gasteiger partial charge in [-0.25, -0.2) is 13.4 Å². The zero-order valence-electron chi connectivity index (χ0n) is 16.1. The summed E-state index contributed by atoms with van der Waals surface area (Å²) in [6.45, 7) is 3.82. The van der Waals surface area contributed by atoms with Crippen molar-refractivity contribution < 1.29 is 17.9 Å². The van der Waals surface area contributed by atoms with Crippen LogP contribution in [0.25, 0.3) is 11.3 Å². The molecule has 0 atom stereocenters. The van der Waals surface area contributed by atoms with Crippen molar-refractivity contribution in [3.05, 3.63) is 52.9 Å². The molecule has 3 aromatic rings. The maximum absolute atomic E-state index is 12.7. The summed E-state index contributed by atoms with van der Waals surface area (Å²) < 4.78 is 33.3. The van der Waals surface area contributed by atoms with Crippen LogP contribution in [0.1, 0.15) is 11.1 Å². The van der Waals surface area contributed by atoms with Gasteiger partial charge >= 0.3 is 0 Å². The molecule has 7 nitrogen and oxygen atoms in total. The van der Waals surface area contributed by atoms with Gasteiger partial charge in [0, 0.05) is 18.0 Å². The Balaban J connectivity index is 1.60. The zero-order chi connectivity index (χ0) is 20.8. The SMILES string of the molecule is Cc1ccc(S(=O)(=O)Nc2nc(-c3ccc4c(c3)N(C)C(=O)CO4)cs2)cc1C. The number of likely N-dealkylation sites (N-methyl/N-ethyl adjacent to an activating group) is 1. The Morgan fingerprint density at radius 2 is 1.93 bits per heavy atom. The van der Waals surface area contributed by atoms with E-state index < -0.39 is 10.0 Å². The number of anilines is 2. The molecule has 2 aromatic carbocycles. The molecule has 1 aromatic heterocycles. The number of hydrogen-bond donors (Lipinski definition) is 1. The molecule has 1 aliphatic heterocycles. The van der Waals surface area contributed by atoms with E-state index in [1.165, 1.54) is 16.2 Å². The number of carbonyl (C=O) groups excluding carboxylic acids is 1. The van der Waals surface area contributed by atoms with Gasteiger partial charge in [0.15, 0.2) is 11.7 Å². The second-order valence-corrected chi connectivity index (χ2v) is 9.35. The molecule has 0 bridgehead atoms. The fourth-order valence-corrected chi connectivity index (χ4v) is 5.00. The lowest BCUT2D eigenvalue weighted by Crippen LogP contribution is -2.35. The number of ether oxygens (including phenoxy) is 1. The van der Waals surface area contributed by atoms with Gasteiger partial charge in [-0.05, 0) is 55.3 Å². The van der Waals surface area contributed by atoms with Crippen LogP contribution in [0.15, 0.2) is 46.7 Å². The fraction of sp³-hybridized carbons (Fsp3) is 0.200. The first-order valence-electron chi connectivity index (χ1n) is 8.84. The van der Waals surface area contributed by atoms with E-state index in [4.69, 9.17) is 4.74 Å². The van der Waals surface area contributed by atoms with Gasteiger partial charge in [0.1, 0.15) is 5.75 Å². The summed E-state index contributed by atoms with van der Waals surface area (Å²) in [6, 6.07) is 10.4. The van der Waals surface area contributed by atoms with Crippen molar-refractivity contribution in [1.29, 1.82) is 0 Å². The highest BCUT2D eigenvalue weighted by Gasteiger charge is 2.23. The summed E-state index contributed by atoms with van der Waals surface area (Å²) in [5, 5.41) is 2.04. The summed E-state index contributed by atoms with van der Waals surface area (Å²) >= 11 is 1.20. The Labute approximate surface area is 173 Å². The smallest absolute Gasteiger partial charge is 0.264 e. The highest BCUT2D eigenvalue weighted by molar-refractivity contribution is 7.93. The summed E-state index contributed by atoms with van der Waals surface area (Å²) in [7, 11) is -2.03. The van der Waals surface area contributed by atoms with Crippen molar-refractivity contribution >= 4 is 38.1 Å². The molecule has 0 fully saturated rings. The Morgan fingerprint density at radius 3 is 2.69 bits per heavy atom. The standard InChI is InChI=1S/C20H19N3O4S2/c1-12-4-6-15(8-13(12)2)29(25,26)22-20-21-16(11-28-20)14-5-7-18-17(9-14)23(3)19(24)10-27-18/h4-9,11H,10H2,1-3H3,(H,21,22). The number of rotatable bonds is 4. The second kappa shape index (κ2) is 7.16. The van der Waals surface area contributed by atoms with Crippen LogP contribution in [0.2, 0.25) is 0 Å². The van der Waals surface area contributed by atoms with E-state index in [0.717, 1.165) is 16.7 Å². The topological polar surface area (TPSA) is 88.6 Å². The predicted octanol–water partition coefficient (Wildman–Crippen LogP) is 3.58. The number of hydrogen-bond acceptors (Lipinski definition) is 6. The minimum atomic E-state index is -3.73. The first-order valence-corrected chi connectivity index (χ1v) is 11.2. The number of fused-ring (bicyclic) bond motifs is 1. The number of nitrogens with one attached hydrogen (secondary N) is 1. The molecule has 29 heavy (non-hydrogen) atoms. The first-order chi connectivity index (χ1) is 13.7. The van der Waals surface area contributed by atoms with Gasteiger partial charge in [-0.2, -0.15) is 0 Å². The van der Waals surface area contributed by atoms with Gasteiger partial charge in [-0.1, -0.05) is 6.07 Å². The summed E-state index contributed by atoms with van der Waals surface area (Å²) in [6.07, 6.45) is 0. The molecule has 2 heterocycles. The summed E-state index contributed by atoms with van der Waals surface area (Å²) in [4.78, 5) is 18.0. The number of thiazole rings is 1. The molecule has 0 spiro atoms. The van der Waals surface area contributed by atoms with Crippen LogP contribution in [-0.4, -0.2) is 33.0 Å². The highest BCUT2D eigenvalue weighted by atomic mass is 32.2. The van der Waals surface area contributed by atoms with Gasteiger partial charge < -0.3 is 9.64 Å². The van der Waals surface area contributed by atoms with Crippen LogP contribution < -0.4 is 14.4 Å². The maximum Gasteiger partial charge on any atom is 0.264 e. The normalized spacial score (nSPS) is 13.8. The summed E-state index contributed by atoms with van der Waals surface area (Å²) in [5.41, 5.74) is 3.97. The molecule has 0 aliphatic carbocycles. The molecular formula is C20H19N3O4S2. The molecule has 150 valence electrons. The quantitative estimate of drug-likeness (QED) is 0.685. The van der Waals surface area contributed by atoms with E-state index in [-0.39, 0.29) is 22.5 Å². The largest absolute Gasteiger partial charge is 0.482 e. The van der Waals surface area contributed by atoms with Crippen LogP contribution in [-0.2, 0) is 14.8 Å². The molecule has 0 unspecified atom stereocenters. The lowest BCUT2D eigenvalue weighted by Gasteiger charge is -2.26. The molecule has 4 rings (SSSR count). The van der Waals surface area contributed by atoms with E-state index in [1.54, 1.807) is 36.7 Å². The van der Waals surface area contributed by atoms with Gasteiger partial charge in [0.05, 0.1) is 16.3 Å². The van der Waals surface area contributed by atoms with Crippen molar-refractivity contribution in [1.82, 2.24) is 4.98 Å². The van der Waals surface area contributed by atoms with Crippen LogP contribution in [0.3, 0.4) is 0 Å². The Bertz CT molecular complexity index is 1220. The van der Waals surface area contributed by atoms with E-state index in [2.05, 4.69) is 9.71 Å². The minimum Gasteiger partial charge on any atom is -0.482 e. The highest BCUT2D eigenvalue weighted by Crippen LogP contribution is 2.36. The third kappa shape index (κ3) is 3.70. The van der Waals surface area contributed by atoms with Crippen molar-refractivity contribution in [2.75, 3.05) is 23.3 Å². The van der Waals surface area contributed by atoms with Gasteiger partial charge in [-0.3, -0.25) is 9.52 Å². The number of benzene rings is 2. The first kappa shape index (κ1) is 19.4. The Kier molecular flexibility index (Phi) is 4.79. The minimum absolute atomic E-state index is 0.0178. The molecule has 1 aliphatic rings. The van der Waals surface area contributed by atoms with Gasteiger partial charge in [-0.15, -0.1) is 11.3 Å². The molecule has 0 radical (unpaired) electrons. The van der Waals surface area contributed by atoms with Crippen LogP contribution in [0.5, 0.6) is 5.75 Å². The predicted molar refractivity (Wildman–Crippen MR) is 113 cm³/mol. The van der Waals surface area contributed by atoms with Gasteiger partial charge in [0.25, 0.3) is 15.9 Å². The number of aromatic nitrogens is 1. The van der Waals surface area contributed by atoms with Crippen molar-refractivity contribution in [3.8, 4) is 17.0 Å². The molecule has 9 heteroatoms. The average molecular weight is 430 g/mol. The molecule has 1 N–H and O–H groups in total. The van der Waals surface area contributed by atoms with Crippen molar-refractivity contribution in [2.24, 2.45) is 0 Å². The van der Waals surface area contributed by atoms with Crippen LogP contribution in [0.4, 0.5) is 10.8 Å². The number of sulfonamides is 1. The molecular weight excluding hydrogens is 410 g/mol. The van der Waals surface area contributed by atoms with E-state index in [9.17, 15) is 13.2 Å². The number of aryl methyl sites for hydroxylation is 2. The third-order valence-electron chi connectivity index (χ3n) is 4.86. The zero-order valence-corrected chi connectivity index (χ0v) is 17.7. The van der Waals surface area contributed by atoms with Crippen LogP contribution >= 0.6 is 11.3 Å². The Hall–Kier alpha value is -2.91.